The van der Waals surface area contributed by atoms with Gasteiger partial charge in [0.05, 0.1) is 29.9 Å². The third kappa shape index (κ3) is 6.75. The minimum Gasteiger partial charge on any atom is -0.493 e. The average Bonchev–Trinajstić information content (AvgIpc) is 3.25. The number of halogens is 3. The first-order valence-corrected chi connectivity index (χ1v) is 12.8. The number of aromatic nitrogens is 1. The molecule has 1 saturated heterocycles. The van der Waals surface area contributed by atoms with Crippen LogP contribution in [0.5, 0.6) is 5.75 Å². The first kappa shape index (κ1) is 27.7. The molecule has 1 unspecified atom stereocenters. The van der Waals surface area contributed by atoms with Gasteiger partial charge in [0.1, 0.15) is 11.5 Å². The molecule has 1 aliphatic rings. The van der Waals surface area contributed by atoms with Gasteiger partial charge in [-0.2, -0.15) is 13.2 Å². The number of rotatable bonds is 9. The Balaban J connectivity index is 1.28. The predicted octanol–water partition coefficient (Wildman–Crippen LogP) is 6.46. The molecule has 0 saturated carbocycles. The largest absolute Gasteiger partial charge is 0.493 e. The fourth-order valence-electron chi connectivity index (χ4n) is 4.75. The molecule has 2 aromatic carbocycles. The summed E-state index contributed by atoms with van der Waals surface area (Å²) in [5.41, 5.74) is 1.14. The second kappa shape index (κ2) is 11.6. The number of hydrogen-bond acceptors (Lipinski definition) is 6. The normalized spacial score (nSPS) is 18.4. The topological polar surface area (TPSA) is 64.8 Å². The number of esters is 1. The molecular weight excluding hydrogens is 497 g/mol. The highest BCUT2D eigenvalue weighted by Gasteiger charge is 2.39. The number of hydrogen-bond donors (Lipinski definition) is 0. The highest BCUT2D eigenvalue weighted by Crippen LogP contribution is 2.33. The summed E-state index contributed by atoms with van der Waals surface area (Å²) in [6.07, 6.45) is -2.09. The van der Waals surface area contributed by atoms with Gasteiger partial charge >= 0.3 is 12.1 Å². The summed E-state index contributed by atoms with van der Waals surface area (Å²) in [4.78, 5) is 19.1. The molecule has 38 heavy (non-hydrogen) atoms. The number of nitrogens with zero attached hydrogens (tertiary/aromatic N) is 2. The van der Waals surface area contributed by atoms with Crippen LogP contribution in [0, 0.1) is 12.3 Å². The standard InChI is InChI=1S/C29H33F3N2O4/c1-4-36-27(35)28(3)15-5-16-34(19-28)18-21-6-12-24(13-7-21)37-17-14-25-20(2)38-26(33-25)22-8-10-23(11-9-22)29(30,31)32/h6-13H,4-5,14-19H2,1-3H3. The van der Waals surface area contributed by atoms with Crippen LogP contribution in [0.3, 0.4) is 0 Å². The van der Waals surface area contributed by atoms with Gasteiger partial charge in [0.25, 0.3) is 0 Å². The van der Waals surface area contributed by atoms with Crippen molar-refractivity contribution < 1.29 is 31.9 Å². The van der Waals surface area contributed by atoms with Gasteiger partial charge in [-0.1, -0.05) is 12.1 Å². The number of piperidine rings is 1. The molecular formula is C29H33F3N2O4. The van der Waals surface area contributed by atoms with Crippen LogP contribution in [0.2, 0.25) is 0 Å². The van der Waals surface area contributed by atoms with Crippen molar-refractivity contribution in [2.24, 2.45) is 5.41 Å². The van der Waals surface area contributed by atoms with E-state index < -0.39 is 17.2 Å². The van der Waals surface area contributed by atoms with E-state index in [2.05, 4.69) is 9.88 Å². The van der Waals surface area contributed by atoms with Crippen LogP contribution < -0.4 is 4.74 Å². The van der Waals surface area contributed by atoms with Crippen LogP contribution in [-0.4, -0.2) is 42.2 Å². The highest BCUT2D eigenvalue weighted by molar-refractivity contribution is 5.76. The molecule has 1 atom stereocenters. The lowest BCUT2D eigenvalue weighted by atomic mass is 9.82. The first-order chi connectivity index (χ1) is 18.1. The Morgan fingerprint density at radius 2 is 1.84 bits per heavy atom. The molecule has 0 N–H and O–H groups in total. The minimum absolute atomic E-state index is 0.123. The Morgan fingerprint density at radius 1 is 1.13 bits per heavy atom. The molecule has 204 valence electrons. The van der Waals surface area contributed by atoms with E-state index in [1.165, 1.54) is 12.1 Å². The molecule has 1 aromatic heterocycles. The zero-order chi connectivity index (χ0) is 27.3. The van der Waals surface area contributed by atoms with E-state index in [1.54, 1.807) is 6.92 Å². The van der Waals surface area contributed by atoms with Gasteiger partial charge in [-0.05, 0) is 82.1 Å². The van der Waals surface area contributed by atoms with Crippen LogP contribution in [0.15, 0.2) is 52.9 Å². The van der Waals surface area contributed by atoms with Crippen molar-refractivity contribution in [3.05, 3.63) is 71.1 Å². The molecule has 0 amide bonds. The average molecular weight is 531 g/mol. The summed E-state index contributed by atoms with van der Waals surface area (Å²) in [6.45, 7) is 8.73. The Kier molecular flexibility index (Phi) is 8.45. The molecule has 1 aliphatic heterocycles. The highest BCUT2D eigenvalue weighted by atomic mass is 19.4. The van der Waals surface area contributed by atoms with Crippen LogP contribution in [-0.2, 0) is 28.7 Å². The quantitative estimate of drug-likeness (QED) is 0.296. The SMILES string of the molecule is CCOC(=O)C1(C)CCCN(Cc2ccc(OCCc3nc(-c4ccc(C(F)(F)F)cc4)oc3C)cc2)C1. The number of benzene rings is 2. The molecule has 0 radical (unpaired) electrons. The van der Waals surface area contributed by atoms with E-state index in [4.69, 9.17) is 13.9 Å². The van der Waals surface area contributed by atoms with Crippen molar-refractivity contribution in [1.29, 1.82) is 0 Å². The van der Waals surface area contributed by atoms with Crippen molar-refractivity contribution in [1.82, 2.24) is 9.88 Å². The summed E-state index contributed by atoms with van der Waals surface area (Å²) in [6, 6.07) is 12.6. The first-order valence-electron chi connectivity index (χ1n) is 12.8. The second-order valence-electron chi connectivity index (χ2n) is 9.93. The molecule has 0 spiro atoms. The maximum absolute atomic E-state index is 12.8. The number of likely N-dealkylation sites (tertiary alicyclic amines) is 1. The molecule has 6 nitrogen and oxygen atoms in total. The van der Waals surface area contributed by atoms with Crippen molar-refractivity contribution in [2.45, 2.75) is 52.8 Å². The van der Waals surface area contributed by atoms with Crippen LogP contribution in [0.4, 0.5) is 13.2 Å². The van der Waals surface area contributed by atoms with Gasteiger partial charge in [0.15, 0.2) is 0 Å². The number of carbonyl (C=O) groups excluding carboxylic acids is 1. The predicted molar refractivity (Wildman–Crippen MR) is 137 cm³/mol. The van der Waals surface area contributed by atoms with E-state index in [0.29, 0.717) is 43.2 Å². The van der Waals surface area contributed by atoms with Crippen molar-refractivity contribution in [3.63, 3.8) is 0 Å². The summed E-state index contributed by atoms with van der Waals surface area (Å²) < 4.78 is 55.3. The van der Waals surface area contributed by atoms with Gasteiger partial charge in [-0.3, -0.25) is 9.69 Å². The van der Waals surface area contributed by atoms with Gasteiger partial charge in [-0.25, -0.2) is 4.98 Å². The lowest BCUT2D eigenvalue weighted by Crippen LogP contribution is -2.46. The Hall–Kier alpha value is -3.33. The van der Waals surface area contributed by atoms with Gasteiger partial charge in [-0.15, -0.1) is 0 Å². The molecule has 9 heteroatoms. The van der Waals surface area contributed by atoms with Crippen molar-refractivity contribution >= 4 is 5.97 Å². The Morgan fingerprint density at radius 3 is 2.50 bits per heavy atom. The van der Waals surface area contributed by atoms with E-state index in [1.807, 2.05) is 38.1 Å². The van der Waals surface area contributed by atoms with Gasteiger partial charge in [0.2, 0.25) is 5.89 Å². The fraction of sp³-hybridized carbons (Fsp3) is 0.448. The Bertz CT molecular complexity index is 1220. The third-order valence-corrected chi connectivity index (χ3v) is 6.83. The number of oxazole rings is 1. The molecule has 0 aliphatic carbocycles. The number of carbonyl (C=O) groups is 1. The van der Waals surface area contributed by atoms with Gasteiger partial charge in [0, 0.05) is 25.1 Å². The van der Waals surface area contributed by atoms with Crippen LogP contribution in [0.1, 0.15) is 49.3 Å². The minimum atomic E-state index is -4.38. The smallest absolute Gasteiger partial charge is 0.416 e. The molecule has 1 fully saturated rings. The zero-order valence-corrected chi connectivity index (χ0v) is 21.9. The number of aryl methyl sites for hydroxylation is 1. The summed E-state index contributed by atoms with van der Waals surface area (Å²) in [7, 11) is 0. The lowest BCUT2D eigenvalue weighted by molar-refractivity contribution is -0.157. The second-order valence-corrected chi connectivity index (χ2v) is 9.93. The lowest BCUT2D eigenvalue weighted by Gasteiger charge is -2.38. The van der Waals surface area contributed by atoms with Crippen molar-refractivity contribution in [2.75, 3.05) is 26.3 Å². The van der Waals surface area contributed by atoms with E-state index in [0.717, 1.165) is 49.4 Å². The van der Waals surface area contributed by atoms with E-state index in [9.17, 15) is 18.0 Å². The van der Waals surface area contributed by atoms with Crippen LogP contribution in [0.25, 0.3) is 11.5 Å². The monoisotopic (exact) mass is 530 g/mol. The number of alkyl halides is 3. The van der Waals surface area contributed by atoms with Gasteiger partial charge < -0.3 is 13.9 Å². The number of ether oxygens (including phenoxy) is 2. The van der Waals surface area contributed by atoms with Crippen molar-refractivity contribution in [3.8, 4) is 17.2 Å². The maximum Gasteiger partial charge on any atom is 0.416 e. The third-order valence-electron chi connectivity index (χ3n) is 6.83. The van der Waals surface area contributed by atoms with E-state index >= 15 is 0 Å². The zero-order valence-electron chi connectivity index (χ0n) is 21.9. The summed E-state index contributed by atoms with van der Waals surface area (Å²) in [5.74, 6) is 1.50. The maximum atomic E-state index is 12.8. The van der Waals surface area contributed by atoms with Crippen LogP contribution >= 0.6 is 0 Å². The fourth-order valence-corrected chi connectivity index (χ4v) is 4.75. The molecule has 2 heterocycles. The molecule has 4 rings (SSSR count). The van der Waals surface area contributed by atoms with E-state index in [-0.39, 0.29) is 11.9 Å². The summed E-state index contributed by atoms with van der Waals surface area (Å²) in [5, 5.41) is 0. The molecule has 0 bridgehead atoms. The summed E-state index contributed by atoms with van der Waals surface area (Å²) >= 11 is 0. The molecule has 3 aromatic rings. The Labute approximate surface area is 220 Å².